The van der Waals surface area contributed by atoms with Gasteiger partial charge in [0.1, 0.15) is 6.04 Å². The monoisotopic (exact) mass is 690 g/mol. The highest BCUT2D eigenvalue weighted by Crippen LogP contribution is 2.65. The Bertz CT molecular complexity index is 1410. The normalized spacial score (nSPS) is 26.6. The highest BCUT2D eigenvalue weighted by molar-refractivity contribution is 7.89. The van der Waals surface area contributed by atoms with Gasteiger partial charge in [0, 0.05) is 44.4 Å². The Morgan fingerprint density at radius 3 is 2.17 bits per heavy atom. The molecule has 4 rings (SSSR count). The van der Waals surface area contributed by atoms with Crippen molar-refractivity contribution in [2.75, 3.05) is 25.4 Å². The quantitative estimate of drug-likeness (QED) is 0.194. The first-order chi connectivity index (χ1) is 22.1. The van der Waals surface area contributed by atoms with Gasteiger partial charge < -0.3 is 15.5 Å². The average molecular weight is 691 g/mol. The summed E-state index contributed by atoms with van der Waals surface area (Å²) < 4.78 is 26.5. The molecule has 2 N–H and O–H groups in total. The van der Waals surface area contributed by atoms with Crippen LogP contribution in [0.2, 0.25) is 0 Å². The van der Waals surface area contributed by atoms with E-state index in [1.807, 2.05) is 41.5 Å². The molecule has 270 valence electrons. The molecule has 3 amide bonds. The second-order valence-corrected chi connectivity index (χ2v) is 19.5. The van der Waals surface area contributed by atoms with E-state index in [9.17, 15) is 32.4 Å². The lowest BCUT2D eigenvalue weighted by Gasteiger charge is -2.39. The number of rotatable bonds is 15. The molecule has 12 heteroatoms. The number of piperidine rings is 1. The molecule has 0 aromatic carbocycles. The van der Waals surface area contributed by atoms with Gasteiger partial charge in [-0.25, -0.2) is 13.2 Å². The topological polar surface area (TPSA) is 150 Å². The molecule has 0 radical (unpaired) electrons. The van der Waals surface area contributed by atoms with E-state index >= 15 is 0 Å². The molecule has 4 fully saturated rings. The van der Waals surface area contributed by atoms with E-state index in [-0.39, 0.29) is 54.1 Å². The van der Waals surface area contributed by atoms with Gasteiger partial charge in [0.05, 0.1) is 11.8 Å². The van der Waals surface area contributed by atoms with Crippen molar-refractivity contribution >= 4 is 39.3 Å². The van der Waals surface area contributed by atoms with Crippen molar-refractivity contribution in [1.82, 2.24) is 19.8 Å². The van der Waals surface area contributed by atoms with Crippen LogP contribution in [0.3, 0.4) is 0 Å². The number of nitrogens with one attached hydrogen (secondary N) is 2. The van der Waals surface area contributed by atoms with Gasteiger partial charge in [-0.2, -0.15) is 4.31 Å². The lowest BCUT2D eigenvalue weighted by atomic mass is 9.83. The molecule has 2 aliphatic carbocycles. The standard InChI is InChI=1S/C36H58N4O7S/c1-10-11-13-25(41)30(43)23(18-22-14-15-22)19-26(42)29-28-24(36(28,8)9)20-40(29)32(44)31(35(5,6)7)38-33(45)37-27(34(2,3)4)21-39-16-12-17-48(39,46)47/h10,22-24,27-29,31H,1,11-21H2,2-9H3,(H2,37,38,45)/t23?,24-,27+,28-,29+,31+/m0/s1. The molecule has 0 bridgehead atoms. The first-order valence-electron chi connectivity index (χ1n) is 17.7. The van der Waals surface area contributed by atoms with Gasteiger partial charge in [-0.1, -0.05) is 74.3 Å². The zero-order valence-electron chi connectivity index (χ0n) is 30.3. The maximum atomic E-state index is 14.4. The molecule has 2 saturated heterocycles. The van der Waals surface area contributed by atoms with Gasteiger partial charge in [-0.15, -0.1) is 6.58 Å². The summed E-state index contributed by atoms with van der Waals surface area (Å²) in [5.41, 5.74) is -1.34. The average Bonchev–Trinajstić information content (AvgIpc) is 3.76. The first kappa shape index (κ1) is 38.2. The number of sulfonamides is 1. The smallest absolute Gasteiger partial charge is 0.315 e. The molecule has 1 unspecified atom stereocenters. The summed E-state index contributed by atoms with van der Waals surface area (Å²) in [7, 11) is -3.38. The van der Waals surface area contributed by atoms with Crippen LogP contribution < -0.4 is 10.6 Å². The van der Waals surface area contributed by atoms with Crippen LogP contribution in [0.1, 0.15) is 100 Å². The Morgan fingerprint density at radius 1 is 1.00 bits per heavy atom. The summed E-state index contributed by atoms with van der Waals surface area (Å²) in [5.74, 6) is -1.76. The number of allylic oxidation sites excluding steroid dienone is 1. The maximum absolute atomic E-state index is 14.4. The van der Waals surface area contributed by atoms with Crippen molar-refractivity contribution in [2.24, 2.45) is 39.9 Å². The van der Waals surface area contributed by atoms with Crippen LogP contribution in [0.4, 0.5) is 4.79 Å². The van der Waals surface area contributed by atoms with Crippen LogP contribution in [0.25, 0.3) is 0 Å². The third-order valence-electron chi connectivity index (χ3n) is 11.1. The summed E-state index contributed by atoms with van der Waals surface area (Å²) in [6.07, 6.45) is 5.01. The second kappa shape index (κ2) is 14.0. The predicted molar refractivity (Wildman–Crippen MR) is 184 cm³/mol. The fourth-order valence-corrected chi connectivity index (χ4v) is 9.19. The Balaban J connectivity index is 1.52. The number of amides is 3. The molecular formula is C36H58N4O7S. The minimum atomic E-state index is -3.38. The van der Waals surface area contributed by atoms with Crippen LogP contribution in [-0.4, -0.2) is 90.4 Å². The summed E-state index contributed by atoms with van der Waals surface area (Å²) in [6, 6.07) is -2.83. The molecular weight excluding hydrogens is 632 g/mol. The number of ketones is 3. The van der Waals surface area contributed by atoms with Crippen molar-refractivity contribution < 1.29 is 32.4 Å². The van der Waals surface area contributed by atoms with Crippen LogP contribution in [0.5, 0.6) is 0 Å². The Kier molecular flexibility index (Phi) is 11.1. The predicted octanol–water partition coefficient (Wildman–Crippen LogP) is 4.11. The molecule has 0 spiro atoms. The SMILES string of the molecule is C=CCCC(=O)C(=O)C(CC(=O)[C@@H]1[C@@H]2[C@H](CN1C(=O)[C@@H](NC(=O)N[C@H](CN1CCCS1(=O)=O)C(C)(C)C)C(C)(C)C)C2(C)C)CC1CC1. The van der Waals surface area contributed by atoms with E-state index in [0.29, 0.717) is 38.3 Å². The zero-order valence-corrected chi connectivity index (χ0v) is 31.1. The second-order valence-electron chi connectivity index (χ2n) is 17.4. The minimum Gasteiger partial charge on any atom is -0.334 e. The number of Topliss-reactive ketones (excluding diaryl/α,β-unsaturated/α-hetero) is 3. The number of urea groups is 1. The van der Waals surface area contributed by atoms with Crippen molar-refractivity contribution in [1.29, 1.82) is 0 Å². The van der Waals surface area contributed by atoms with Crippen molar-refractivity contribution in [3.8, 4) is 0 Å². The van der Waals surface area contributed by atoms with E-state index < -0.39 is 62.5 Å². The number of carbonyl (C=O) groups excluding carboxylic acids is 5. The molecule has 2 heterocycles. The van der Waals surface area contributed by atoms with Gasteiger partial charge in [0.2, 0.25) is 21.7 Å². The summed E-state index contributed by atoms with van der Waals surface area (Å²) in [4.78, 5) is 69.7. The van der Waals surface area contributed by atoms with E-state index in [1.165, 1.54) is 4.31 Å². The van der Waals surface area contributed by atoms with Crippen LogP contribution in [-0.2, 0) is 29.2 Å². The molecule has 11 nitrogen and oxygen atoms in total. The molecule has 2 saturated carbocycles. The number of likely N-dealkylation sites (tertiary alicyclic amines) is 1. The highest BCUT2D eigenvalue weighted by atomic mass is 32.2. The number of nitrogens with zero attached hydrogens (tertiary/aromatic N) is 2. The van der Waals surface area contributed by atoms with E-state index in [2.05, 4.69) is 31.1 Å². The van der Waals surface area contributed by atoms with Crippen molar-refractivity contribution in [3.63, 3.8) is 0 Å². The number of hydrogen-bond donors (Lipinski definition) is 2. The van der Waals surface area contributed by atoms with Gasteiger partial charge >= 0.3 is 6.03 Å². The Labute approximate surface area is 287 Å². The molecule has 0 aromatic heterocycles. The van der Waals surface area contributed by atoms with Crippen molar-refractivity contribution in [2.45, 2.75) is 118 Å². The first-order valence-corrected chi connectivity index (χ1v) is 19.3. The van der Waals surface area contributed by atoms with Gasteiger partial charge in [0.25, 0.3) is 0 Å². The van der Waals surface area contributed by atoms with E-state index in [1.54, 1.807) is 11.0 Å². The number of carbonyl (C=O) groups is 5. The van der Waals surface area contributed by atoms with Crippen LogP contribution in [0, 0.1) is 39.9 Å². The number of fused-ring (bicyclic) bond motifs is 1. The zero-order chi connectivity index (χ0) is 36.0. The third kappa shape index (κ3) is 8.57. The summed E-state index contributed by atoms with van der Waals surface area (Å²) in [6.45, 7) is 20.1. The third-order valence-corrected chi connectivity index (χ3v) is 13.1. The fraction of sp³-hybridized carbons (Fsp3) is 0.806. The molecule has 2 aliphatic heterocycles. The molecule has 6 atom stereocenters. The molecule has 0 aromatic rings. The van der Waals surface area contributed by atoms with E-state index in [0.717, 1.165) is 12.8 Å². The molecule has 48 heavy (non-hydrogen) atoms. The van der Waals surface area contributed by atoms with Gasteiger partial charge in [0.15, 0.2) is 11.6 Å². The fourth-order valence-electron chi connectivity index (χ4n) is 7.65. The van der Waals surface area contributed by atoms with Crippen LogP contribution in [0.15, 0.2) is 12.7 Å². The van der Waals surface area contributed by atoms with Gasteiger partial charge in [-0.05, 0) is 53.3 Å². The van der Waals surface area contributed by atoms with Crippen LogP contribution >= 0.6 is 0 Å². The minimum absolute atomic E-state index is 0.0655. The Hall–Kier alpha value is -2.60. The lowest BCUT2D eigenvalue weighted by Crippen LogP contribution is -2.61. The van der Waals surface area contributed by atoms with Gasteiger partial charge in [-0.3, -0.25) is 19.2 Å². The highest BCUT2D eigenvalue weighted by Gasteiger charge is 2.69. The number of hydrogen-bond acceptors (Lipinski definition) is 7. The Morgan fingerprint density at radius 2 is 1.65 bits per heavy atom. The summed E-state index contributed by atoms with van der Waals surface area (Å²) in [5, 5.41) is 5.84. The maximum Gasteiger partial charge on any atom is 0.315 e. The molecule has 4 aliphatic rings. The van der Waals surface area contributed by atoms with Crippen molar-refractivity contribution in [3.05, 3.63) is 12.7 Å². The van der Waals surface area contributed by atoms with E-state index in [4.69, 9.17) is 0 Å². The summed E-state index contributed by atoms with van der Waals surface area (Å²) >= 11 is 0. The largest absolute Gasteiger partial charge is 0.334 e. The lowest BCUT2D eigenvalue weighted by molar-refractivity contribution is -0.144.